The SMILES string of the molecule is CN(C)CCC(C#N)c1coc(-c2ccc(F)cc2)n1. The smallest absolute Gasteiger partial charge is 0.226 e. The van der Waals surface area contributed by atoms with Crippen LogP contribution in [0.3, 0.4) is 0 Å². The topological polar surface area (TPSA) is 53.1 Å². The lowest BCUT2D eigenvalue weighted by molar-refractivity contribution is 0.392. The normalized spacial score (nSPS) is 12.3. The summed E-state index contributed by atoms with van der Waals surface area (Å²) in [7, 11) is 3.92. The van der Waals surface area contributed by atoms with Gasteiger partial charge in [0.15, 0.2) is 0 Å². The fourth-order valence-electron chi connectivity index (χ4n) is 1.84. The van der Waals surface area contributed by atoms with E-state index in [1.807, 2.05) is 19.0 Å². The van der Waals surface area contributed by atoms with Gasteiger partial charge in [-0.1, -0.05) is 0 Å². The van der Waals surface area contributed by atoms with Crippen LogP contribution >= 0.6 is 0 Å². The summed E-state index contributed by atoms with van der Waals surface area (Å²) in [5.41, 5.74) is 1.32. The molecule has 1 aromatic heterocycles. The van der Waals surface area contributed by atoms with Crippen LogP contribution in [-0.2, 0) is 0 Å². The number of benzene rings is 1. The van der Waals surface area contributed by atoms with Crippen molar-refractivity contribution in [3.8, 4) is 17.5 Å². The van der Waals surface area contributed by atoms with Crippen molar-refractivity contribution in [1.29, 1.82) is 5.26 Å². The highest BCUT2D eigenvalue weighted by Crippen LogP contribution is 2.24. The van der Waals surface area contributed by atoms with Crippen LogP contribution in [0, 0.1) is 17.1 Å². The minimum absolute atomic E-state index is 0.296. The van der Waals surface area contributed by atoms with Crippen molar-refractivity contribution < 1.29 is 8.81 Å². The van der Waals surface area contributed by atoms with Gasteiger partial charge in [0.2, 0.25) is 5.89 Å². The lowest BCUT2D eigenvalue weighted by Crippen LogP contribution is -2.15. The highest BCUT2D eigenvalue weighted by atomic mass is 19.1. The van der Waals surface area contributed by atoms with E-state index in [2.05, 4.69) is 11.1 Å². The predicted molar refractivity (Wildman–Crippen MR) is 73.4 cm³/mol. The largest absolute Gasteiger partial charge is 0.444 e. The van der Waals surface area contributed by atoms with Gasteiger partial charge in [0, 0.05) is 5.56 Å². The number of nitriles is 1. The van der Waals surface area contributed by atoms with Crippen molar-refractivity contribution in [1.82, 2.24) is 9.88 Å². The number of aromatic nitrogens is 1. The second-order valence-corrected chi connectivity index (χ2v) is 4.86. The molecule has 5 heteroatoms. The van der Waals surface area contributed by atoms with Gasteiger partial charge in [-0.25, -0.2) is 9.37 Å². The molecule has 0 aliphatic heterocycles. The van der Waals surface area contributed by atoms with Crippen LogP contribution in [0.2, 0.25) is 0 Å². The van der Waals surface area contributed by atoms with Gasteiger partial charge in [-0.3, -0.25) is 0 Å². The summed E-state index contributed by atoms with van der Waals surface area (Å²) in [5, 5.41) is 9.21. The number of halogens is 1. The van der Waals surface area contributed by atoms with Gasteiger partial charge in [-0.05, 0) is 51.3 Å². The zero-order valence-electron chi connectivity index (χ0n) is 11.5. The number of hydrogen-bond acceptors (Lipinski definition) is 4. The molecule has 1 atom stereocenters. The fourth-order valence-corrected chi connectivity index (χ4v) is 1.84. The molecule has 0 bridgehead atoms. The molecule has 0 saturated carbocycles. The third-order valence-electron chi connectivity index (χ3n) is 2.99. The summed E-state index contributed by atoms with van der Waals surface area (Å²) in [6, 6.07) is 8.15. The van der Waals surface area contributed by atoms with Crippen LogP contribution in [-0.4, -0.2) is 30.5 Å². The molecule has 0 aliphatic rings. The maximum absolute atomic E-state index is 12.9. The van der Waals surface area contributed by atoms with E-state index in [4.69, 9.17) is 4.42 Å². The van der Waals surface area contributed by atoms with Crippen molar-refractivity contribution >= 4 is 0 Å². The summed E-state index contributed by atoms with van der Waals surface area (Å²) in [5.74, 6) is -0.193. The first kappa shape index (κ1) is 14.2. The number of rotatable bonds is 5. The molecule has 1 unspecified atom stereocenters. The fraction of sp³-hybridized carbons (Fsp3) is 0.333. The summed E-state index contributed by atoms with van der Waals surface area (Å²) in [4.78, 5) is 6.35. The molecule has 1 aromatic carbocycles. The minimum Gasteiger partial charge on any atom is -0.444 e. The highest BCUT2D eigenvalue weighted by Gasteiger charge is 2.16. The van der Waals surface area contributed by atoms with Crippen molar-refractivity contribution in [3.63, 3.8) is 0 Å². The van der Waals surface area contributed by atoms with Crippen LogP contribution in [0.25, 0.3) is 11.5 Å². The van der Waals surface area contributed by atoms with Gasteiger partial charge in [0.1, 0.15) is 12.1 Å². The third kappa shape index (κ3) is 3.43. The molecule has 104 valence electrons. The van der Waals surface area contributed by atoms with Crippen molar-refractivity contribution in [2.75, 3.05) is 20.6 Å². The molecule has 0 saturated heterocycles. The van der Waals surface area contributed by atoms with Crippen LogP contribution in [0.4, 0.5) is 4.39 Å². The van der Waals surface area contributed by atoms with E-state index in [1.165, 1.54) is 18.4 Å². The molecule has 1 heterocycles. The predicted octanol–water partition coefficient (Wildman–Crippen LogP) is 3.04. The Bertz CT molecular complexity index is 598. The van der Waals surface area contributed by atoms with E-state index >= 15 is 0 Å². The first-order valence-corrected chi connectivity index (χ1v) is 6.36. The first-order valence-electron chi connectivity index (χ1n) is 6.36. The van der Waals surface area contributed by atoms with Crippen molar-refractivity contribution in [3.05, 3.63) is 42.0 Å². The Hall–Kier alpha value is -2.19. The van der Waals surface area contributed by atoms with E-state index in [-0.39, 0.29) is 11.7 Å². The molecule has 0 spiro atoms. The zero-order chi connectivity index (χ0) is 14.5. The molecular weight excluding hydrogens is 257 g/mol. The maximum Gasteiger partial charge on any atom is 0.226 e. The Kier molecular flexibility index (Phi) is 4.49. The highest BCUT2D eigenvalue weighted by molar-refractivity contribution is 5.53. The van der Waals surface area contributed by atoms with Crippen LogP contribution in [0.1, 0.15) is 18.0 Å². The van der Waals surface area contributed by atoms with Gasteiger partial charge < -0.3 is 9.32 Å². The van der Waals surface area contributed by atoms with Gasteiger partial charge in [0.05, 0.1) is 17.7 Å². The number of nitrogens with zero attached hydrogens (tertiary/aromatic N) is 3. The first-order chi connectivity index (χ1) is 9.60. The molecule has 0 radical (unpaired) electrons. The van der Waals surface area contributed by atoms with E-state index in [9.17, 15) is 9.65 Å². The van der Waals surface area contributed by atoms with Gasteiger partial charge in [-0.15, -0.1) is 0 Å². The third-order valence-corrected chi connectivity index (χ3v) is 2.99. The molecule has 0 amide bonds. The van der Waals surface area contributed by atoms with Gasteiger partial charge in [0.25, 0.3) is 0 Å². The number of oxazole rings is 1. The summed E-state index contributed by atoms with van der Waals surface area (Å²) >= 11 is 0. The van der Waals surface area contributed by atoms with Crippen LogP contribution in [0.5, 0.6) is 0 Å². The second-order valence-electron chi connectivity index (χ2n) is 4.86. The average Bonchev–Trinajstić information content (AvgIpc) is 2.89. The van der Waals surface area contributed by atoms with E-state index < -0.39 is 0 Å². The Morgan fingerprint density at radius 1 is 1.35 bits per heavy atom. The molecule has 2 aromatic rings. The van der Waals surface area contributed by atoms with Gasteiger partial charge in [-0.2, -0.15) is 5.26 Å². The van der Waals surface area contributed by atoms with Crippen molar-refractivity contribution in [2.45, 2.75) is 12.3 Å². The Morgan fingerprint density at radius 3 is 2.65 bits per heavy atom. The number of hydrogen-bond donors (Lipinski definition) is 0. The Labute approximate surface area is 117 Å². The molecule has 0 N–H and O–H groups in total. The van der Waals surface area contributed by atoms with E-state index in [0.29, 0.717) is 23.6 Å². The molecule has 0 aliphatic carbocycles. The molecular formula is C15H16FN3O. The molecule has 2 rings (SSSR count). The zero-order valence-corrected chi connectivity index (χ0v) is 11.5. The second kappa shape index (κ2) is 6.31. The minimum atomic E-state index is -0.304. The van der Waals surface area contributed by atoms with E-state index in [1.54, 1.807) is 12.1 Å². The quantitative estimate of drug-likeness (QED) is 0.840. The average molecular weight is 273 g/mol. The summed E-state index contributed by atoms with van der Waals surface area (Å²) in [6.07, 6.45) is 2.20. The molecule has 0 fully saturated rings. The summed E-state index contributed by atoms with van der Waals surface area (Å²) in [6.45, 7) is 0.803. The lowest BCUT2D eigenvalue weighted by atomic mass is 10.0. The van der Waals surface area contributed by atoms with E-state index in [0.717, 1.165) is 6.54 Å². The molecule has 20 heavy (non-hydrogen) atoms. The van der Waals surface area contributed by atoms with Crippen LogP contribution < -0.4 is 0 Å². The molecule has 4 nitrogen and oxygen atoms in total. The summed E-state index contributed by atoms with van der Waals surface area (Å²) < 4.78 is 18.2. The maximum atomic E-state index is 12.9. The monoisotopic (exact) mass is 273 g/mol. The lowest BCUT2D eigenvalue weighted by Gasteiger charge is -2.10. The Balaban J connectivity index is 2.15. The van der Waals surface area contributed by atoms with Crippen LogP contribution in [0.15, 0.2) is 34.9 Å². The van der Waals surface area contributed by atoms with Gasteiger partial charge >= 0.3 is 0 Å². The standard InChI is InChI=1S/C15H16FN3O/c1-19(2)8-7-12(9-17)14-10-20-15(18-14)11-3-5-13(16)6-4-11/h3-6,10,12H,7-8H2,1-2H3. The van der Waals surface area contributed by atoms with Crippen molar-refractivity contribution in [2.24, 2.45) is 0 Å². The Morgan fingerprint density at radius 2 is 2.05 bits per heavy atom.